The summed E-state index contributed by atoms with van der Waals surface area (Å²) in [6, 6.07) is 11.2. The van der Waals surface area contributed by atoms with Crippen LogP contribution in [0.1, 0.15) is 17.1 Å². The molecule has 2 rings (SSSR count). The predicted octanol–water partition coefficient (Wildman–Crippen LogP) is 3.39. The Morgan fingerprint density at radius 2 is 2.20 bits per heavy atom. The fourth-order valence-electron chi connectivity index (χ4n) is 1.79. The molecule has 2 aromatic rings. The standard InChI is InChI=1S/C16H17NO3/c1-12-6-7-15(20-12)8-9-16(18)17-14-5-3-4-13(10-14)11-19-2/h3-10H,11H2,1-2H3,(H,17,18)/b9-8+. The number of methoxy groups -OCH3 is 1. The van der Waals surface area contributed by atoms with Crippen molar-refractivity contribution in [1.82, 2.24) is 0 Å². The molecule has 0 radical (unpaired) electrons. The molecule has 1 amide bonds. The summed E-state index contributed by atoms with van der Waals surface area (Å²) in [5, 5.41) is 2.79. The number of carbonyl (C=O) groups is 1. The molecule has 0 unspecified atom stereocenters. The largest absolute Gasteiger partial charge is 0.462 e. The van der Waals surface area contributed by atoms with Crippen molar-refractivity contribution in [1.29, 1.82) is 0 Å². The number of rotatable bonds is 5. The molecule has 0 aliphatic rings. The lowest BCUT2D eigenvalue weighted by atomic mass is 10.2. The lowest BCUT2D eigenvalue weighted by molar-refractivity contribution is -0.111. The van der Waals surface area contributed by atoms with Gasteiger partial charge in [-0.2, -0.15) is 0 Å². The van der Waals surface area contributed by atoms with Crippen LogP contribution >= 0.6 is 0 Å². The molecular weight excluding hydrogens is 254 g/mol. The van der Waals surface area contributed by atoms with Crippen LogP contribution in [0, 0.1) is 6.92 Å². The highest BCUT2D eigenvalue weighted by Gasteiger charge is 2.00. The van der Waals surface area contributed by atoms with Crippen molar-refractivity contribution in [3.05, 3.63) is 59.6 Å². The van der Waals surface area contributed by atoms with Crippen molar-refractivity contribution in [2.45, 2.75) is 13.5 Å². The number of anilines is 1. The van der Waals surface area contributed by atoms with Gasteiger partial charge in [-0.05, 0) is 42.8 Å². The first kappa shape index (κ1) is 14.1. The molecule has 0 fully saturated rings. The van der Waals surface area contributed by atoms with Crippen LogP contribution in [0.5, 0.6) is 0 Å². The minimum absolute atomic E-state index is 0.200. The van der Waals surface area contributed by atoms with Crippen LogP contribution in [0.4, 0.5) is 5.69 Å². The normalized spacial score (nSPS) is 10.9. The van der Waals surface area contributed by atoms with E-state index in [0.29, 0.717) is 12.4 Å². The molecule has 0 bridgehead atoms. The van der Waals surface area contributed by atoms with Gasteiger partial charge < -0.3 is 14.5 Å². The van der Waals surface area contributed by atoms with E-state index in [1.54, 1.807) is 13.2 Å². The Kier molecular flexibility index (Phi) is 4.74. The van der Waals surface area contributed by atoms with E-state index in [1.165, 1.54) is 6.08 Å². The van der Waals surface area contributed by atoms with Crippen molar-refractivity contribution in [2.75, 3.05) is 12.4 Å². The highest BCUT2D eigenvalue weighted by Crippen LogP contribution is 2.12. The Balaban J connectivity index is 1.97. The highest BCUT2D eigenvalue weighted by molar-refractivity contribution is 6.01. The summed E-state index contributed by atoms with van der Waals surface area (Å²) in [5.74, 6) is 1.27. The average Bonchev–Trinajstić information content (AvgIpc) is 2.83. The molecule has 0 spiro atoms. The maximum atomic E-state index is 11.8. The van der Waals surface area contributed by atoms with E-state index in [-0.39, 0.29) is 5.91 Å². The summed E-state index contributed by atoms with van der Waals surface area (Å²) in [7, 11) is 1.64. The zero-order valence-corrected chi connectivity index (χ0v) is 11.6. The number of nitrogens with one attached hydrogen (secondary N) is 1. The van der Waals surface area contributed by atoms with Crippen molar-refractivity contribution in [2.24, 2.45) is 0 Å². The highest BCUT2D eigenvalue weighted by atomic mass is 16.5. The number of hydrogen-bond acceptors (Lipinski definition) is 3. The first-order chi connectivity index (χ1) is 9.67. The van der Waals surface area contributed by atoms with E-state index in [9.17, 15) is 4.79 Å². The van der Waals surface area contributed by atoms with E-state index in [2.05, 4.69) is 5.32 Å². The topological polar surface area (TPSA) is 51.5 Å². The van der Waals surface area contributed by atoms with Gasteiger partial charge in [-0.25, -0.2) is 0 Å². The number of hydrogen-bond donors (Lipinski definition) is 1. The predicted molar refractivity (Wildman–Crippen MR) is 78.3 cm³/mol. The number of furan rings is 1. The molecule has 104 valence electrons. The monoisotopic (exact) mass is 271 g/mol. The molecular formula is C16H17NO3. The fourth-order valence-corrected chi connectivity index (χ4v) is 1.79. The zero-order valence-electron chi connectivity index (χ0n) is 11.6. The van der Waals surface area contributed by atoms with Gasteiger partial charge in [0.05, 0.1) is 6.61 Å². The van der Waals surface area contributed by atoms with Crippen LogP contribution in [0.2, 0.25) is 0 Å². The van der Waals surface area contributed by atoms with Gasteiger partial charge in [0.2, 0.25) is 5.91 Å². The van der Waals surface area contributed by atoms with Crippen LogP contribution in [0.3, 0.4) is 0 Å². The van der Waals surface area contributed by atoms with Gasteiger partial charge in [0.1, 0.15) is 11.5 Å². The second kappa shape index (κ2) is 6.73. The molecule has 0 saturated heterocycles. The van der Waals surface area contributed by atoms with Crippen LogP contribution < -0.4 is 5.32 Å². The van der Waals surface area contributed by atoms with E-state index >= 15 is 0 Å². The van der Waals surface area contributed by atoms with Gasteiger partial charge in [-0.1, -0.05) is 12.1 Å². The maximum absolute atomic E-state index is 11.8. The van der Waals surface area contributed by atoms with Gasteiger partial charge >= 0.3 is 0 Å². The Morgan fingerprint density at radius 1 is 1.35 bits per heavy atom. The molecule has 1 aromatic carbocycles. The number of benzene rings is 1. The summed E-state index contributed by atoms with van der Waals surface area (Å²) in [6.07, 6.45) is 3.09. The van der Waals surface area contributed by atoms with Crippen LogP contribution in [-0.4, -0.2) is 13.0 Å². The first-order valence-corrected chi connectivity index (χ1v) is 6.31. The Morgan fingerprint density at radius 3 is 2.90 bits per heavy atom. The number of carbonyl (C=O) groups excluding carboxylic acids is 1. The third-order valence-corrected chi connectivity index (χ3v) is 2.67. The first-order valence-electron chi connectivity index (χ1n) is 6.31. The summed E-state index contributed by atoms with van der Waals surface area (Å²) in [6.45, 7) is 2.38. The Hall–Kier alpha value is -2.33. The molecule has 4 nitrogen and oxygen atoms in total. The van der Waals surface area contributed by atoms with Crippen molar-refractivity contribution in [3.63, 3.8) is 0 Å². The lowest BCUT2D eigenvalue weighted by Crippen LogP contribution is -2.07. The second-order valence-electron chi connectivity index (χ2n) is 4.40. The molecule has 1 N–H and O–H groups in total. The quantitative estimate of drug-likeness (QED) is 0.848. The molecule has 0 saturated carbocycles. The summed E-state index contributed by atoms with van der Waals surface area (Å²) < 4.78 is 10.4. The molecule has 20 heavy (non-hydrogen) atoms. The summed E-state index contributed by atoms with van der Waals surface area (Å²) >= 11 is 0. The average molecular weight is 271 g/mol. The molecule has 4 heteroatoms. The van der Waals surface area contributed by atoms with E-state index in [4.69, 9.17) is 9.15 Å². The zero-order chi connectivity index (χ0) is 14.4. The van der Waals surface area contributed by atoms with Crippen molar-refractivity contribution in [3.8, 4) is 0 Å². The summed E-state index contributed by atoms with van der Waals surface area (Å²) in [5.41, 5.74) is 1.75. The SMILES string of the molecule is COCc1cccc(NC(=O)/C=C/c2ccc(C)o2)c1. The van der Waals surface area contributed by atoms with Crippen LogP contribution in [0.25, 0.3) is 6.08 Å². The minimum atomic E-state index is -0.200. The third kappa shape index (κ3) is 4.10. The van der Waals surface area contributed by atoms with E-state index in [1.807, 2.05) is 43.3 Å². The van der Waals surface area contributed by atoms with Gasteiger partial charge in [0.25, 0.3) is 0 Å². The molecule has 0 atom stereocenters. The van der Waals surface area contributed by atoms with Crippen molar-refractivity contribution < 1.29 is 13.9 Å². The van der Waals surface area contributed by atoms with Gasteiger partial charge in [0, 0.05) is 18.9 Å². The molecule has 0 aliphatic carbocycles. The molecule has 0 aliphatic heterocycles. The van der Waals surface area contributed by atoms with Gasteiger partial charge in [0.15, 0.2) is 0 Å². The number of amides is 1. The lowest BCUT2D eigenvalue weighted by Gasteiger charge is -2.04. The van der Waals surface area contributed by atoms with Crippen LogP contribution in [-0.2, 0) is 16.1 Å². The van der Waals surface area contributed by atoms with E-state index in [0.717, 1.165) is 17.0 Å². The number of aryl methyl sites for hydroxylation is 1. The van der Waals surface area contributed by atoms with Gasteiger partial charge in [-0.3, -0.25) is 4.79 Å². The van der Waals surface area contributed by atoms with Crippen molar-refractivity contribution >= 4 is 17.7 Å². The Bertz CT molecular complexity index is 614. The summed E-state index contributed by atoms with van der Waals surface area (Å²) in [4.78, 5) is 11.8. The molecule has 1 heterocycles. The minimum Gasteiger partial charge on any atom is -0.462 e. The fraction of sp³-hybridized carbons (Fsp3) is 0.188. The molecule has 1 aromatic heterocycles. The smallest absolute Gasteiger partial charge is 0.248 e. The second-order valence-corrected chi connectivity index (χ2v) is 4.40. The number of ether oxygens (including phenoxy) is 1. The van der Waals surface area contributed by atoms with Crippen LogP contribution in [0.15, 0.2) is 46.9 Å². The maximum Gasteiger partial charge on any atom is 0.248 e. The van der Waals surface area contributed by atoms with Gasteiger partial charge in [-0.15, -0.1) is 0 Å². The third-order valence-electron chi connectivity index (χ3n) is 2.67. The Labute approximate surface area is 118 Å². The van der Waals surface area contributed by atoms with E-state index < -0.39 is 0 Å².